The van der Waals surface area contributed by atoms with E-state index in [2.05, 4.69) is 20.9 Å². The van der Waals surface area contributed by atoms with Gasteiger partial charge in [-0.15, -0.1) is 0 Å². The molecule has 0 saturated carbocycles. The summed E-state index contributed by atoms with van der Waals surface area (Å²) < 4.78 is 19.0. The van der Waals surface area contributed by atoms with Gasteiger partial charge in [-0.2, -0.15) is 0 Å². The summed E-state index contributed by atoms with van der Waals surface area (Å²) in [4.78, 5) is 14.2. The first-order chi connectivity index (χ1) is 8.16. The van der Waals surface area contributed by atoms with Crippen LogP contribution in [0.3, 0.4) is 0 Å². The SMILES string of the molecule is O=C(OCc1ccc(Br)cc1F)c1ccc[nH]1. The summed E-state index contributed by atoms with van der Waals surface area (Å²) in [6.07, 6.45) is 1.62. The van der Waals surface area contributed by atoms with Crippen molar-refractivity contribution in [3.63, 3.8) is 0 Å². The number of rotatable bonds is 3. The highest BCUT2D eigenvalue weighted by Crippen LogP contribution is 2.16. The number of halogens is 2. The lowest BCUT2D eigenvalue weighted by Crippen LogP contribution is -2.06. The first kappa shape index (κ1) is 11.9. The van der Waals surface area contributed by atoms with Crippen molar-refractivity contribution in [2.45, 2.75) is 6.61 Å². The van der Waals surface area contributed by atoms with Crippen molar-refractivity contribution in [1.82, 2.24) is 4.98 Å². The van der Waals surface area contributed by atoms with Gasteiger partial charge in [0.25, 0.3) is 0 Å². The van der Waals surface area contributed by atoms with Gasteiger partial charge in [0.15, 0.2) is 0 Å². The van der Waals surface area contributed by atoms with Gasteiger partial charge in [-0.1, -0.05) is 22.0 Å². The van der Waals surface area contributed by atoms with Crippen LogP contribution < -0.4 is 0 Å². The number of aromatic amines is 1. The maximum absolute atomic E-state index is 13.4. The molecule has 0 aliphatic rings. The Bertz CT molecular complexity index is 525. The Morgan fingerprint density at radius 2 is 2.24 bits per heavy atom. The molecule has 1 aromatic carbocycles. The fraction of sp³-hybridized carbons (Fsp3) is 0.0833. The van der Waals surface area contributed by atoms with E-state index < -0.39 is 11.8 Å². The number of carbonyl (C=O) groups is 1. The third kappa shape index (κ3) is 2.94. The topological polar surface area (TPSA) is 42.1 Å². The molecule has 1 aromatic heterocycles. The fourth-order valence-corrected chi connectivity index (χ4v) is 1.65. The number of carbonyl (C=O) groups excluding carboxylic acids is 1. The number of aromatic nitrogens is 1. The number of ether oxygens (including phenoxy) is 1. The Labute approximate surface area is 106 Å². The van der Waals surface area contributed by atoms with Crippen LogP contribution in [0.1, 0.15) is 16.1 Å². The molecular weight excluding hydrogens is 289 g/mol. The van der Waals surface area contributed by atoms with E-state index in [9.17, 15) is 9.18 Å². The van der Waals surface area contributed by atoms with E-state index in [0.717, 1.165) is 0 Å². The zero-order valence-corrected chi connectivity index (χ0v) is 10.3. The summed E-state index contributed by atoms with van der Waals surface area (Å²) in [5, 5.41) is 0. The molecule has 5 heteroatoms. The van der Waals surface area contributed by atoms with Crippen molar-refractivity contribution in [2.75, 3.05) is 0 Å². The van der Waals surface area contributed by atoms with E-state index in [0.29, 0.717) is 15.7 Å². The smallest absolute Gasteiger partial charge is 0.355 e. The Hall–Kier alpha value is -1.62. The van der Waals surface area contributed by atoms with Crippen molar-refractivity contribution < 1.29 is 13.9 Å². The van der Waals surface area contributed by atoms with Crippen molar-refractivity contribution in [3.05, 3.63) is 58.1 Å². The molecule has 88 valence electrons. The minimum absolute atomic E-state index is 0.0863. The van der Waals surface area contributed by atoms with E-state index in [1.54, 1.807) is 30.5 Å². The maximum atomic E-state index is 13.4. The predicted molar refractivity (Wildman–Crippen MR) is 64.0 cm³/mol. The van der Waals surface area contributed by atoms with Gasteiger partial charge in [0.05, 0.1) is 0 Å². The number of H-pyrrole nitrogens is 1. The average Bonchev–Trinajstić information content (AvgIpc) is 2.81. The highest BCUT2D eigenvalue weighted by Gasteiger charge is 2.09. The Balaban J connectivity index is 2.01. The summed E-state index contributed by atoms with van der Waals surface area (Å²) >= 11 is 3.16. The van der Waals surface area contributed by atoms with Gasteiger partial charge < -0.3 is 9.72 Å². The Morgan fingerprint density at radius 3 is 2.88 bits per heavy atom. The lowest BCUT2D eigenvalue weighted by Gasteiger charge is -2.05. The largest absolute Gasteiger partial charge is 0.456 e. The van der Waals surface area contributed by atoms with Gasteiger partial charge in [-0.25, -0.2) is 9.18 Å². The molecule has 0 radical (unpaired) electrons. The average molecular weight is 298 g/mol. The Kier molecular flexibility index (Phi) is 3.58. The third-order valence-corrected chi connectivity index (χ3v) is 2.68. The second-order valence-corrected chi connectivity index (χ2v) is 4.31. The minimum Gasteiger partial charge on any atom is -0.456 e. The minimum atomic E-state index is -0.502. The molecule has 0 fully saturated rings. The number of esters is 1. The molecule has 0 aliphatic carbocycles. The van der Waals surface area contributed by atoms with E-state index in [1.807, 2.05) is 0 Å². The standard InChI is InChI=1S/C12H9BrFNO2/c13-9-4-3-8(10(14)6-9)7-17-12(16)11-2-1-5-15-11/h1-6,15H,7H2. The Morgan fingerprint density at radius 1 is 1.41 bits per heavy atom. The molecule has 0 unspecified atom stereocenters. The molecule has 0 aliphatic heterocycles. The summed E-state index contributed by atoms with van der Waals surface area (Å²) in [6, 6.07) is 7.89. The molecule has 2 rings (SSSR count). The van der Waals surface area contributed by atoms with Crippen LogP contribution >= 0.6 is 15.9 Å². The van der Waals surface area contributed by atoms with Gasteiger partial charge in [0.2, 0.25) is 0 Å². The fourth-order valence-electron chi connectivity index (χ4n) is 1.32. The molecule has 2 aromatic rings. The normalized spacial score (nSPS) is 10.2. The number of nitrogens with one attached hydrogen (secondary N) is 1. The second-order valence-electron chi connectivity index (χ2n) is 3.40. The number of hydrogen-bond acceptors (Lipinski definition) is 2. The third-order valence-electron chi connectivity index (χ3n) is 2.19. The summed E-state index contributed by atoms with van der Waals surface area (Å²) in [5.74, 6) is -0.907. The van der Waals surface area contributed by atoms with Gasteiger partial charge in [-0.3, -0.25) is 0 Å². The zero-order valence-electron chi connectivity index (χ0n) is 8.74. The lowest BCUT2D eigenvalue weighted by molar-refractivity contribution is 0.0463. The van der Waals surface area contributed by atoms with Crippen LogP contribution in [-0.4, -0.2) is 11.0 Å². The molecular formula is C12H9BrFNO2. The number of hydrogen-bond donors (Lipinski definition) is 1. The summed E-state index contributed by atoms with van der Waals surface area (Å²) in [7, 11) is 0. The van der Waals surface area contributed by atoms with Gasteiger partial charge in [-0.05, 0) is 24.3 Å². The number of benzene rings is 1. The van der Waals surface area contributed by atoms with Gasteiger partial charge in [0.1, 0.15) is 18.1 Å². The van der Waals surface area contributed by atoms with Gasteiger partial charge >= 0.3 is 5.97 Å². The molecule has 17 heavy (non-hydrogen) atoms. The molecule has 3 nitrogen and oxygen atoms in total. The van der Waals surface area contributed by atoms with Crippen LogP contribution in [0.2, 0.25) is 0 Å². The van der Waals surface area contributed by atoms with E-state index >= 15 is 0 Å². The highest BCUT2D eigenvalue weighted by atomic mass is 79.9. The lowest BCUT2D eigenvalue weighted by atomic mass is 10.2. The van der Waals surface area contributed by atoms with Crippen molar-refractivity contribution in [1.29, 1.82) is 0 Å². The molecule has 0 spiro atoms. The second kappa shape index (κ2) is 5.14. The van der Waals surface area contributed by atoms with E-state index in [1.165, 1.54) is 6.07 Å². The van der Waals surface area contributed by atoms with Crippen molar-refractivity contribution in [2.24, 2.45) is 0 Å². The summed E-state index contributed by atoms with van der Waals surface area (Å²) in [5.41, 5.74) is 0.690. The van der Waals surface area contributed by atoms with Crippen LogP contribution in [0.4, 0.5) is 4.39 Å². The monoisotopic (exact) mass is 297 g/mol. The predicted octanol–water partition coefficient (Wildman–Crippen LogP) is 3.27. The van der Waals surface area contributed by atoms with Crippen LogP contribution in [-0.2, 0) is 11.3 Å². The maximum Gasteiger partial charge on any atom is 0.355 e. The zero-order chi connectivity index (χ0) is 12.3. The first-order valence-corrected chi connectivity index (χ1v) is 5.70. The first-order valence-electron chi connectivity index (χ1n) is 4.91. The van der Waals surface area contributed by atoms with Crippen LogP contribution in [0.25, 0.3) is 0 Å². The van der Waals surface area contributed by atoms with Crippen LogP contribution in [0.15, 0.2) is 41.0 Å². The molecule has 0 atom stereocenters. The molecule has 0 amide bonds. The van der Waals surface area contributed by atoms with Crippen molar-refractivity contribution in [3.8, 4) is 0 Å². The van der Waals surface area contributed by atoms with Gasteiger partial charge in [0, 0.05) is 16.2 Å². The molecule has 0 bridgehead atoms. The highest BCUT2D eigenvalue weighted by molar-refractivity contribution is 9.10. The molecule has 1 heterocycles. The summed E-state index contributed by atoms with van der Waals surface area (Å²) in [6.45, 7) is -0.0863. The molecule has 0 saturated heterocycles. The van der Waals surface area contributed by atoms with E-state index in [4.69, 9.17) is 4.74 Å². The van der Waals surface area contributed by atoms with Crippen LogP contribution in [0.5, 0.6) is 0 Å². The van der Waals surface area contributed by atoms with Crippen molar-refractivity contribution >= 4 is 21.9 Å². The molecule has 1 N–H and O–H groups in total. The van der Waals surface area contributed by atoms with Crippen LogP contribution in [0, 0.1) is 5.82 Å². The van der Waals surface area contributed by atoms with E-state index in [-0.39, 0.29) is 6.61 Å². The quantitative estimate of drug-likeness (QED) is 0.884.